The summed E-state index contributed by atoms with van der Waals surface area (Å²) in [5.41, 5.74) is 0.810. The molecule has 0 spiro atoms. The molecule has 1 heterocycles. The van der Waals surface area contributed by atoms with Crippen LogP contribution in [0.1, 0.15) is 17.0 Å². The summed E-state index contributed by atoms with van der Waals surface area (Å²) in [5, 5.41) is 29.6. The number of non-ortho nitro benzene ring substituents is 1. The molecule has 2 aromatic carbocycles. The highest BCUT2D eigenvalue weighted by atomic mass is 35.5. The van der Waals surface area contributed by atoms with Gasteiger partial charge in [0, 0.05) is 17.2 Å². The average Bonchev–Trinajstić information content (AvgIpc) is 2.96. The Morgan fingerprint density at radius 1 is 1.12 bits per heavy atom. The molecular formula is C20H18ClN5O6. The topological polar surface area (TPSA) is 142 Å². The largest absolute Gasteiger partial charge is 0.457 e. The van der Waals surface area contributed by atoms with Gasteiger partial charge in [0.1, 0.15) is 29.4 Å². The molecule has 1 aromatic heterocycles. The van der Waals surface area contributed by atoms with E-state index in [4.69, 9.17) is 16.3 Å². The van der Waals surface area contributed by atoms with Gasteiger partial charge >= 0.3 is 5.69 Å². The van der Waals surface area contributed by atoms with Crippen molar-refractivity contribution >= 4 is 34.6 Å². The fourth-order valence-corrected chi connectivity index (χ4v) is 3.34. The lowest BCUT2D eigenvalue weighted by atomic mass is 10.2. The molecular weight excluding hydrogens is 442 g/mol. The fraction of sp³-hybridized carbons (Fsp3) is 0.200. The Morgan fingerprint density at radius 3 is 2.44 bits per heavy atom. The zero-order chi connectivity index (χ0) is 23.6. The van der Waals surface area contributed by atoms with Crippen molar-refractivity contribution < 1.29 is 19.4 Å². The highest BCUT2D eigenvalue weighted by molar-refractivity contribution is 6.30. The minimum absolute atomic E-state index is 0.127. The van der Waals surface area contributed by atoms with E-state index >= 15 is 0 Å². The van der Waals surface area contributed by atoms with Gasteiger partial charge in [-0.1, -0.05) is 11.6 Å². The van der Waals surface area contributed by atoms with Crippen LogP contribution in [0.4, 0.5) is 17.1 Å². The Hall–Kier alpha value is -3.99. The van der Waals surface area contributed by atoms with Gasteiger partial charge in [-0.05, 0) is 44.5 Å². The molecule has 0 aliphatic heterocycles. The van der Waals surface area contributed by atoms with Crippen molar-refractivity contribution in [2.45, 2.75) is 27.3 Å². The molecule has 12 heteroatoms. The monoisotopic (exact) mass is 459 g/mol. The van der Waals surface area contributed by atoms with E-state index in [2.05, 4.69) is 10.4 Å². The Labute approximate surface area is 186 Å². The average molecular weight is 460 g/mol. The SMILES string of the molecule is Cc1cc(Cl)ccc1Oc1cc(NC(=O)Cn2nc(C)c([N+](=O)[O-])c2C)cc([N+](=O)[O-])c1. The lowest BCUT2D eigenvalue weighted by molar-refractivity contribution is -0.386. The second kappa shape index (κ2) is 9.02. The van der Waals surface area contributed by atoms with Gasteiger partial charge in [0.25, 0.3) is 5.69 Å². The number of nitrogens with one attached hydrogen (secondary N) is 1. The molecule has 11 nitrogen and oxygen atoms in total. The predicted molar refractivity (Wildman–Crippen MR) is 116 cm³/mol. The molecule has 1 N–H and O–H groups in total. The van der Waals surface area contributed by atoms with Gasteiger partial charge in [0.15, 0.2) is 0 Å². The number of hydrogen-bond acceptors (Lipinski definition) is 7. The number of nitro benzene ring substituents is 1. The molecule has 3 rings (SSSR count). The highest BCUT2D eigenvalue weighted by Gasteiger charge is 2.23. The molecule has 0 saturated carbocycles. The third kappa shape index (κ3) is 5.01. The first-order valence-corrected chi connectivity index (χ1v) is 9.64. The Kier molecular flexibility index (Phi) is 6.40. The van der Waals surface area contributed by atoms with Gasteiger partial charge in [-0.15, -0.1) is 0 Å². The molecule has 0 atom stereocenters. The summed E-state index contributed by atoms with van der Waals surface area (Å²) in [5.74, 6) is 0.0171. The number of nitrogens with zero attached hydrogens (tertiary/aromatic N) is 4. The van der Waals surface area contributed by atoms with Crippen molar-refractivity contribution in [3.63, 3.8) is 0 Å². The van der Waals surface area contributed by atoms with E-state index in [0.29, 0.717) is 10.8 Å². The van der Waals surface area contributed by atoms with E-state index in [1.807, 2.05) is 0 Å². The van der Waals surface area contributed by atoms with Crippen LogP contribution in [0.5, 0.6) is 11.5 Å². The lowest BCUT2D eigenvalue weighted by Crippen LogP contribution is -2.20. The van der Waals surface area contributed by atoms with E-state index in [1.165, 1.54) is 36.7 Å². The molecule has 0 unspecified atom stereocenters. The molecule has 3 aromatic rings. The number of carbonyl (C=O) groups is 1. The van der Waals surface area contributed by atoms with E-state index in [-0.39, 0.29) is 40.7 Å². The van der Waals surface area contributed by atoms with Crippen molar-refractivity contribution in [2.75, 3.05) is 5.32 Å². The van der Waals surface area contributed by atoms with Gasteiger partial charge in [0.05, 0.1) is 21.6 Å². The van der Waals surface area contributed by atoms with Gasteiger partial charge < -0.3 is 10.1 Å². The molecule has 32 heavy (non-hydrogen) atoms. The second-order valence-corrected chi connectivity index (χ2v) is 7.40. The summed E-state index contributed by atoms with van der Waals surface area (Å²) >= 11 is 5.94. The van der Waals surface area contributed by atoms with Crippen LogP contribution in [0.25, 0.3) is 0 Å². The fourth-order valence-electron chi connectivity index (χ4n) is 3.12. The zero-order valence-corrected chi connectivity index (χ0v) is 18.0. The summed E-state index contributed by atoms with van der Waals surface area (Å²) in [7, 11) is 0. The Balaban J connectivity index is 1.84. The molecule has 0 fully saturated rings. The number of halogens is 1. The first-order chi connectivity index (χ1) is 15.0. The number of carbonyl (C=O) groups excluding carboxylic acids is 1. The van der Waals surface area contributed by atoms with E-state index < -0.39 is 15.8 Å². The normalized spacial score (nSPS) is 10.6. The maximum Gasteiger partial charge on any atom is 0.312 e. The molecule has 0 bridgehead atoms. The third-order valence-electron chi connectivity index (χ3n) is 4.57. The van der Waals surface area contributed by atoms with Crippen molar-refractivity contribution in [1.29, 1.82) is 0 Å². The number of rotatable bonds is 7. The molecule has 166 valence electrons. The molecule has 0 radical (unpaired) electrons. The Morgan fingerprint density at radius 2 is 1.84 bits per heavy atom. The molecule has 1 amide bonds. The molecule has 0 saturated heterocycles. The van der Waals surface area contributed by atoms with Crippen LogP contribution in [-0.2, 0) is 11.3 Å². The lowest BCUT2D eigenvalue weighted by Gasteiger charge is -2.11. The second-order valence-electron chi connectivity index (χ2n) is 6.97. The number of hydrogen-bond donors (Lipinski definition) is 1. The minimum Gasteiger partial charge on any atom is -0.457 e. The van der Waals surface area contributed by atoms with E-state index in [0.717, 1.165) is 5.56 Å². The van der Waals surface area contributed by atoms with Gasteiger partial charge in [-0.25, -0.2) is 0 Å². The van der Waals surface area contributed by atoms with Crippen LogP contribution < -0.4 is 10.1 Å². The quantitative estimate of drug-likeness (QED) is 0.398. The van der Waals surface area contributed by atoms with Crippen molar-refractivity contribution in [3.05, 3.63) is 78.6 Å². The maximum absolute atomic E-state index is 12.5. The van der Waals surface area contributed by atoms with Gasteiger partial charge in [-0.2, -0.15) is 5.10 Å². The maximum atomic E-state index is 12.5. The summed E-state index contributed by atoms with van der Waals surface area (Å²) in [6.45, 7) is 4.42. The summed E-state index contributed by atoms with van der Waals surface area (Å²) in [4.78, 5) is 33.8. The number of amides is 1. The third-order valence-corrected chi connectivity index (χ3v) is 4.80. The van der Waals surface area contributed by atoms with Gasteiger partial charge in [-0.3, -0.25) is 29.7 Å². The van der Waals surface area contributed by atoms with Crippen LogP contribution in [0.2, 0.25) is 5.02 Å². The number of nitro groups is 2. The van der Waals surface area contributed by atoms with Crippen LogP contribution in [0, 0.1) is 41.0 Å². The van der Waals surface area contributed by atoms with Crippen molar-refractivity contribution in [3.8, 4) is 11.5 Å². The van der Waals surface area contributed by atoms with Crippen molar-refractivity contribution in [2.24, 2.45) is 0 Å². The summed E-state index contributed by atoms with van der Waals surface area (Å²) in [6, 6.07) is 8.78. The first-order valence-electron chi connectivity index (χ1n) is 9.27. The van der Waals surface area contributed by atoms with E-state index in [9.17, 15) is 25.0 Å². The summed E-state index contributed by atoms with van der Waals surface area (Å²) < 4.78 is 6.96. The minimum atomic E-state index is -0.610. The molecule has 0 aliphatic rings. The van der Waals surface area contributed by atoms with Gasteiger partial charge in [0.2, 0.25) is 5.91 Å². The van der Waals surface area contributed by atoms with Crippen LogP contribution in [0.15, 0.2) is 36.4 Å². The number of aryl methyl sites for hydroxylation is 2. The summed E-state index contributed by atoms with van der Waals surface area (Å²) in [6.07, 6.45) is 0. The zero-order valence-electron chi connectivity index (χ0n) is 17.3. The van der Waals surface area contributed by atoms with E-state index in [1.54, 1.807) is 25.1 Å². The number of benzene rings is 2. The standard InChI is InChI=1S/C20H18ClN5O6/c1-11-6-14(21)4-5-18(11)32-17-8-15(7-16(9-17)25(28)29)22-19(27)10-24-13(3)20(26(30)31)12(2)23-24/h4-9H,10H2,1-3H3,(H,22,27). The molecule has 0 aliphatic carbocycles. The smallest absolute Gasteiger partial charge is 0.312 e. The van der Waals surface area contributed by atoms with Crippen LogP contribution in [-0.4, -0.2) is 25.5 Å². The number of anilines is 1. The highest BCUT2D eigenvalue weighted by Crippen LogP contribution is 2.32. The van der Waals surface area contributed by atoms with Crippen LogP contribution in [0.3, 0.4) is 0 Å². The predicted octanol–water partition coefficient (Wildman–Crippen LogP) is 4.71. The van der Waals surface area contributed by atoms with Crippen LogP contribution >= 0.6 is 11.6 Å². The van der Waals surface area contributed by atoms with Crippen molar-refractivity contribution in [1.82, 2.24) is 9.78 Å². The Bertz CT molecular complexity index is 1240. The number of ether oxygens (including phenoxy) is 1. The number of aromatic nitrogens is 2. The first kappa shape index (κ1) is 22.7.